The van der Waals surface area contributed by atoms with E-state index in [4.69, 9.17) is 4.74 Å². The van der Waals surface area contributed by atoms with Crippen molar-refractivity contribution in [1.29, 1.82) is 0 Å². The molecule has 0 aliphatic carbocycles. The molecule has 1 aromatic heterocycles. The molecule has 156 valence electrons. The van der Waals surface area contributed by atoms with Crippen LogP contribution in [0.1, 0.15) is 37.3 Å². The van der Waals surface area contributed by atoms with Crippen LogP contribution in [0.15, 0.2) is 41.3 Å². The standard InChI is InChI=1S/C22H30N4O3/c1-29-21-6-4-17(5-7-21)15-24-10-2-3-18(16-24)26-22(28)13-19(14-23-26)25-11-8-20(27)9-12-25/h4-7,13-14,18,20,27H,2-3,8-12,15-16H2,1H3/t18-/m0/s1. The maximum atomic E-state index is 12.8. The number of hydrogen-bond acceptors (Lipinski definition) is 6. The molecule has 2 saturated heterocycles. The summed E-state index contributed by atoms with van der Waals surface area (Å²) in [5.41, 5.74) is 2.07. The minimum absolute atomic E-state index is 0.0371. The number of ether oxygens (including phenoxy) is 1. The highest BCUT2D eigenvalue weighted by Gasteiger charge is 2.24. The van der Waals surface area contributed by atoms with Crippen LogP contribution in [0.4, 0.5) is 5.69 Å². The van der Waals surface area contributed by atoms with Crippen molar-refractivity contribution in [2.75, 3.05) is 38.2 Å². The molecule has 2 aliphatic heterocycles. The van der Waals surface area contributed by atoms with Crippen LogP contribution in [-0.4, -0.2) is 59.2 Å². The molecule has 0 unspecified atom stereocenters. The molecule has 0 radical (unpaired) electrons. The fraction of sp³-hybridized carbons (Fsp3) is 0.545. The summed E-state index contributed by atoms with van der Waals surface area (Å²) in [6.45, 7) is 4.26. The topological polar surface area (TPSA) is 70.8 Å². The maximum absolute atomic E-state index is 12.8. The summed E-state index contributed by atoms with van der Waals surface area (Å²) in [4.78, 5) is 17.3. The Kier molecular flexibility index (Phi) is 6.16. The normalized spacial score (nSPS) is 21.3. The van der Waals surface area contributed by atoms with E-state index in [1.165, 1.54) is 5.56 Å². The Hall–Kier alpha value is -2.38. The number of aliphatic hydroxyl groups is 1. The fourth-order valence-electron chi connectivity index (χ4n) is 4.34. The Labute approximate surface area is 171 Å². The first-order valence-electron chi connectivity index (χ1n) is 10.5. The zero-order valence-corrected chi connectivity index (χ0v) is 17.0. The van der Waals surface area contributed by atoms with Gasteiger partial charge >= 0.3 is 0 Å². The highest BCUT2D eigenvalue weighted by Crippen LogP contribution is 2.23. The molecule has 1 atom stereocenters. The van der Waals surface area contributed by atoms with Crippen LogP contribution >= 0.6 is 0 Å². The van der Waals surface area contributed by atoms with Gasteiger partial charge in [0.25, 0.3) is 5.56 Å². The molecule has 0 amide bonds. The van der Waals surface area contributed by atoms with Crippen LogP contribution in [0, 0.1) is 0 Å². The van der Waals surface area contributed by atoms with Crippen LogP contribution in [-0.2, 0) is 6.54 Å². The number of benzene rings is 1. The van der Waals surface area contributed by atoms with Crippen molar-refractivity contribution in [1.82, 2.24) is 14.7 Å². The second kappa shape index (κ2) is 8.97. The Balaban J connectivity index is 1.41. The van der Waals surface area contributed by atoms with Crippen LogP contribution in [0.5, 0.6) is 5.75 Å². The fourth-order valence-corrected chi connectivity index (χ4v) is 4.34. The van der Waals surface area contributed by atoms with E-state index >= 15 is 0 Å². The van der Waals surface area contributed by atoms with Gasteiger partial charge in [0.05, 0.1) is 31.1 Å². The van der Waals surface area contributed by atoms with E-state index in [1.54, 1.807) is 17.9 Å². The molecule has 29 heavy (non-hydrogen) atoms. The number of aromatic nitrogens is 2. The minimum atomic E-state index is -0.224. The lowest BCUT2D eigenvalue weighted by Crippen LogP contribution is -2.41. The average molecular weight is 399 g/mol. The molecule has 4 rings (SSSR count). The van der Waals surface area contributed by atoms with E-state index in [2.05, 4.69) is 27.0 Å². The number of hydrogen-bond donors (Lipinski definition) is 1. The zero-order chi connectivity index (χ0) is 20.2. The van der Waals surface area contributed by atoms with Crippen LogP contribution < -0.4 is 15.2 Å². The van der Waals surface area contributed by atoms with Crippen LogP contribution in [0.3, 0.4) is 0 Å². The summed E-state index contributed by atoms with van der Waals surface area (Å²) >= 11 is 0. The van der Waals surface area contributed by atoms with Gasteiger partial charge in [-0.15, -0.1) is 0 Å². The van der Waals surface area contributed by atoms with E-state index in [9.17, 15) is 9.90 Å². The zero-order valence-electron chi connectivity index (χ0n) is 17.0. The number of likely N-dealkylation sites (tertiary alicyclic amines) is 1. The minimum Gasteiger partial charge on any atom is -0.497 e. The van der Waals surface area contributed by atoms with E-state index in [0.717, 1.165) is 69.8 Å². The van der Waals surface area contributed by atoms with E-state index in [-0.39, 0.29) is 17.7 Å². The third-order valence-corrected chi connectivity index (χ3v) is 6.03. The summed E-state index contributed by atoms with van der Waals surface area (Å²) in [6, 6.07) is 9.97. The van der Waals surface area contributed by atoms with Gasteiger partial charge in [-0.05, 0) is 49.9 Å². The highest BCUT2D eigenvalue weighted by molar-refractivity contribution is 5.43. The number of piperidine rings is 2. The van der Waals surface area contributed by atoms with Gasteiger partial charge in [-0.2, -0.15) is 5.10 Å². The Morgan fingerprint density at radius 3 is 2.59 bits per heavy atom. The van der Waals surface area contributed by atoms with Gasteiger partial charge in [-0.25, -0.2) is 4.68 Å². The molecule has 3 heterocycles. The largest absolute Gasteiger partial charge is 0.497 e. The lowest BCUT2D eigenvalue weighted by molar-refractivity contribution is 0.145. The summed E-state index contributed by atoms with van der Waals surface area (Å²) in [5, 5.41) is 14.2. The predicted molar refractivity (Wildman–Crippen MR) is 112 cm³/mol. The number of methoxy groups -OCH3 is 1. The van der Waals surface area contributed by atoms with Crippen LogP contribution in [0.25, 0.3) is 0 Å². The SMILES string of the molecule is COc1ccc(CN2CCC[C@H](n3ncc(N4CCC(O)CC4)cc3=O)C2)cc1. The Bertz CT molecular complexity index is 859. The molecule has 1 aromatic carbocycles. The van der Waals surface area contributed by atoms with Crippen molar-refractivity contribution in [2.24, 2.45) is 0 Å². The molecule has 1 N–H and O–H groups in total. The van der Waals surface area contributed by atoms with Gasteiger partial charge in [0.1, 0.15) is 5.75 Å². The molecule has 2 aliphatic rings. The molecule has 0 spiro atoms. The van der Waals surface area contributed by atoms with E-state index in [1.807, 2.05) is 18.3 Å². The van der Waals surface area contributed by atoms with E-state index < -0.39 is 0 Å². The highest BCUT2D eigenvalue weighted by atomic mass is 16.5. The Morgan fingerprint density at radius 1 is 1.14 bits per heavy atom. The van der Waals surface area contributed by atoms with Gasteiger partial charge < -0.3 is 14.7 Å². The molecule has 2 aromatic rings. The van der Waals surface area contributed by atoms with Crippen molar-refractivity contribution in [3.8, 4) is 5.75 Å². The van der Waals surface area contributed by atoms with Crippen molar-refractivity contribution in [2.45, 2.75) is 44.4 Å². The van der Waals surface area contributed by atoms with Gasteiger partial charge in [0.15, 0.2) is 0 Å². The first kappa shape index (κ1) is 19.9. The lowest BCUT2D eigenvalue weighted by Gasteiger charge is -2.34. The maximum Gasteiger partial charge on any atom is 0.269 e. The summed E-state index contributed by atoms with van der Waals surface area (Å²) < 4.78 is 6.89. The molecule has 0 saturated carbocycles. The molecular weight excluding hydrogens is 368 g/mol. The summed E-state index contributed by atoms with van der Waals surface area (Å²) in [6.07, 6.45) is 5.10. The number of aliphatic hydroxyl groups excluding tert-OH is 1. The quantitative estimate of drug-likeness (QED) is 0.831. The first-order chi connectivity index (χ1) is 14.1. The van der Waals surface area contributed by atoms with Crippen molar-refractivity contribution in [3.63, 3.8) is 0 Å². The summed E-state index contributed by atoms with van der Waals surface area (Å²) in [7, 11) is 1.68. The smallest absolute Gasteiger partial charge is 0.269 e. The third kappa shape index (κ3) is 4.79. The van der Waals surface area contributed by atoms with Gasteiger partial charge in [0.2, 0.25) is 0 Å². The van der Waals surface area contributed by atoms with Crippen molar-refractivity contribution >= 4 is 5.69 Å². The van der Waals surface area contributed by atoms with E-state index in [0.29, 0.717) is 0 Å². The summed E-state index contributed by atoms with van der Waals surface area (Å²) in [5.74, 6) is 0.865. The predicted octanol–water partition coefficient (Wildman–Crippen LogP) is 2.05. The molecular formula is C22H30N4O3. The molecule has 7 nitrogen and oxygen atoms in total. The number of nitrogens with zero attached hydrogens (tertiary/aromatic N) is 4. The number of anilines is 1. The van der Waals surface area contributed by atoms with Crippen molar-refractivity contribution in [3.05, 3.63) is 52.4 Å². The van der Waals surface area contributed by atoms with Crippen LogP contribution in [0.2, 0.25) is 0 Å². The van der Waals surface area contributed by atoms with Gasteiger partial charge in [-0.3, -0.25) is 9.69 Å². The Morgan fingerprint density at radius 2 is 1.90 bits per heavy atom. The molecule has 7 heteroatoms. The second-order valence-corrected chi connectivity index (χ2v) is 8.09. The second-order valence-electron chi connectivity index (χ2n) is 8.09. The third-order valence-electron chi connectivity index (χ3n) is 6.03. The molecule has 2 fully saturated rings. The average Bonchev–Trinajstić information content (AvgIpc) is 2.75. The number of rotatable bonds is 5. The van der Waals surface area contributed by atoms with Gasteiger partial charge in [0, 0.05) is 32.2 Å². The lowest BCUT2D eigenvalue weighted by atomic mass is 10.0. The monoisotopic (exact) mass is 398 g/mol. The van der Waals surface area contributed by atoms with Gasteiger partial charge in [-0.1, -0.05) is 12.1 Å². The molecule has 0 bridgehead atoms. The first-order valence-corrected chi connectivity index (χ1v) is 10.5. The van der Waals surface area contributed by atoms with Crippen molar-refractivity contribution < 1.29 is 9.84 Å².